The van der Waals surface area contributed by atoms with Crippen LogP contribution in [0.1, 0.15) is 18.1 Å². The summed E-state index contributed by atoms with van der Waals surface area (Å²) in [7, 11) is 0. The van der Waals surface area contributed by atoms with Crippen LogP contribution in [0, 0.1) is 11.6 Å². The number of hydrogen-bond acceptors (Lipinski definition) is 4. The van der Waals surface area contributed by atoms with Gasteiger partial charge >= 0.3 is 5.97 Å². The van der Waals surface area contributed by atoms with E-state index in [1.165, 1.54) is 25.1 Å². The van der Waals surface area contributed by atoms with E-state index in [-0.39, 0.29) is 5.69 Å². The number of amides is 1. The van der Waals surface area contributed by atoms with Gasteiger partial charge in [-0.1, -0.05) is 30.3 Å². The second-order valence-electron chi connectivity index (χ2n) is 6.49. The number of carbonyl (C=O) groups is 2. The molecule has 1 atom stereocenters. The van der Waals surface area contributed by atoms with Crippen molar-refractivity contribution < 1.29 is 23.1 Å². The van der Waals surface area contributed by atoms with Crippen molar-refractivity contribution in [2.45, 2.75) is 19.6 Å². The summed E-state index contributed by atoms with van der Waals surface area (Å²) in [6.07, 6.45) is 4.96. The molecule has 0 aliphatic rings. The SMILES string of the molecule is C[C@H](OC(=O)/C=C/c1cnn(Cc2ccccc2)c1)C(=O)Nc1ccc(F)c(F)c1. The molecule has 30 heavy (non-hydrogen) atoms. The van der Waals surface area contributed by atoms with Gasteiger partial charge in [0.15, 0.2) is 17.7 Å². The van der Waals surface area contributed by atoms with Crippen LogP contribution in [0.15, 0.2) is 67.0 Å². The molecule has 1 amide bonds. The molecule has 3 aromatic rings. The van der Waals surface area contributed by atoms with Crippen LogP contribution in [-0.2, 0) is 20.9 Å². The van der Waals surface area contributed by atoms with Gasteiger partial charge in [-0.3, -0.25) is 9.48 Å². The number of ether oxygens (including phenoxy) is 1. The Bertz CT molecular complexity index is 1060. The molecule has 0 saturated carbocycles. The molecule has 8 heteroatoms. The Morgan fingerprint density at radius 3 is 2.67 bits per heavy atom. The molecule has 0 bridgehead atoms. The van der Waals surface area contributed by atoms with E-state index in [2.05, 4.69) is 10.4 Å². The molecule has 0 spiro atoms. The Kier molecular flexibility index (Phi) is 6.69. The minimum atomic E-state index is -1.13. The van der Waals surface area contributed by atoms with E-state index in [1.54, 1.807) is 17.1 Å². The van der Waals surface area contributed by atoms with Crippen LogP contribution >= 0.6 is 0 Å². The number of hydrogen-bond donors (Lipinski definition) is 1. The Morgan fingerprint density at radius 1 is 1.17 bits per heavy atom. The summed E-state index contributed by atoms with van der Waals surface area (Å²) >= 11 is 0. The average Bonchev–Trinajstić information content (AvgIpc) is 3.17. The zero-order valence-electron chi connectivity index (χ0n) is 16.1. The van der Waals surface area contributed by atoms with Crippen molar-refractivity contribution >= 4 is 23.6 Å². The smallest absolute Gasteiger partial charge is 0.331 e. The first-order chi connectivity index (χ1) is 14.4. The van der Waals surface area contributed by atoms with Gasteiger partial charge in [-0.15, -0.1) is 0 Å². The predicted octanol–water partition coefficient (Wildman–Crippen LogP) is 3.79. The maximum atomic E-state index is 13.2. The van der Waals surface area contributed by atoms with E-state index in [9.17, 15) is 18.4 Å². The fourth-order valence-corrected chi connectivity index (χ4v) is 2.57. The number of rotatable bonds is 7. The third-order valence-corrected chi connectivity index (χ3v) is 4.10. The number of nitrogens with one attached hydrogen (secondary N) is 1. The number of benzene rings is 2. The molecule has 154 valence electrons. The van der Waals surface area contributed by atoms with Crippen molar-refractivity contribution in [1.82, 2.24) is 9.78 Å². The van der Waals surface area contributed by atoms with Gasteiger partial charge in [0.1, 0.15) is 0 Å². The molecule has 1 aromatic heterocycles. The van der Waals surface area contributed by atoms with Crippen LogP contribution in [0.4, 0.5) is 14.5 Å². The van der Waals surface area contributed by atoms with Crippen LogP contribution < -0.4 is 5.32 Å². The van der Waals surface area contributed by atoms with Crippen LogP contribution in [0.3, 0.4) is 0 Å². The highest BCUT2D eigenvalue weighted by atomic mass is 19.2. The van der Waals surface area contributed by atoms with Gasteiger partial charge < -0.3 is 10.1 Å². The van der Waals surface area contributed by atoms with E-state index in [0.717, 1.165) is 17.7 Å². The first-order valence-corrected chi connectivity index (χ1v) is 9.11. The molecular formula is C22H19F2N3O3. The third-order valence-electron chi connectivity index (χ3n) is 4.10. The molecule has 1 N–H and O–H groups in total. The highest BCUT2D eigenvalue weighted by molar-refractivity contribution is 5.96. The molecule has 0 radical (unpaired) electrons. The standard InChI is InChI=1S/C22H19F2N3O3/c1-15(22(29)26-18-8-9-19(23)20(24)11-18)30-21(28)10-7-17-12-25-27(14-17)13-16-5-3-2-4-6-16/h2-12,14-15H,13H2,1H3,(H,26,29)/b10-7+/t15-/m0/s1. The van der Waals surface area contributed by atoms with E-state index in [0.29, 0.717) is 12.1 Å². The van der Waals surface area contributed by atoms with Gasteiger partial charge in [-0.05, 0) is 30.7 Å². The summed E-state index contributed by atoms with van der Waals surface area (Å²) in [4.78, 5) is 24.0. The number of aromatic nitrogens is 2. The minimum absolute atomic E-state index is 0.0585. The highest BCUT2D eigenvalue weighted by Gasteiger charge is 2.17. The van der Waals surface area contributed by atoms with Gasteiger partial charge in [0.05, 0.1) is 12.7 Å². The minimum Gasteiger partial charge on any atom is -0.449 e. The van der Waals surface area contributed by atoms with E-state index in [1.807, 2.05) is 30.3 Å². The summed E-state index contributed by atoms with van der Waals surface area (Å²) in [6.45, 7) is 1.97. The molecule has 1 heterocycles. The molecule has 2 aromatic carbocycles. The zero-order valence-corrected chi connectivity index (χ0v) is 16.1. The Balaban J connectivity index is 1.51. The van der Waals surface area contributed by atoms with E-state index < -0.39 is 29.6 Å². The fraction of sp³-hybridized carbons (Fsp3) is 0.136. The van der Waals surface area contributed by atoms with Crippen molar-refractivity contribution in [2.24, 2.45) is 0 Å². The number of anilines is 1. The molecule has 0 aliphatic heterocycles. The first-order valence-electron chi connectivity index (χ1n) is 9.11. The molecule has 6 nitrogen and oxygen atoms in total. The van der Waals surface area contributed by atoms with Gasteiger partial charge in [0, 0.05) is 29.6 Å². The monoisotopic (exact) mass is 411 g/mol. The largest absolute Gasteiger partial charge is 0.449 e. The Hall–Kier alpha value is -3.81. The zero-order chi connectivity index (χ0) is 21.5. The average molecular weight is 411 g/mol. The molecule has 0 aliphatic carbocycles. The molecule has 0 unspecified atom stereocenters. The van der Waals surface area contributed by atoms with E-state index in [4.69, 9.17) is 4.74 Å². The van der Waals surface area contributed by atoms with Crippen LogP contribution in [0.2, 0.25) is 0 Å². The lowest BCUT2D eigenvalue weighted by Crippen LogP contribution is -2.29. The molecule has 0 saturated heterocycles. The summed E-state index contributed by atoms with van der Waals surface area (Å²) in [5.74, 6) is -3.50. The quantitative estimate of drug-likeness (QED) is 0.474. The van der Waals surface area contributed by atoms with Crippen molar-refractivity contribution in [3.63, 3.8) is 0 Å². The topological polar surface area (TPSA) is 73.2 Å². The second-order valence-corrected chi connectivity index (χ2v) is 6.49. The van der Waals surface area contributed by atoms with Crippen LogP contribution in [0.25, 0.3) is 6.08 Å². The van der Waals surface area contributed by atoms with Gasteiger partial charge in [0.25, 0.3) is 5.91 Å². The lowest BCUT2D eigenvalue weighted by molar-refractivity contribution is -0.148. The molecular weight excluding hydrogens is 392 g/mol. The summed E-state index contributed by atoms with van der Waals surface area (Å²) in [5.41, 5.74) is 1.85. The van der Waals surface area contributed by atoms with Gasteiger partial charge in [0.2, 0.25) is 0 Å². The van der Waals surface area contributed by atoms with Crippen LogP contribution in [0.5, 0.6) is 0 Å². The lowest BCUT2D eigenvalue weighted by Gasteiger charge is -2.12. The number of carbonyl (C=O) groups excluding carboxylic acids is 2. The first kappa shape index (κ1) is 20.9. The predicted molar refractivity (Wildman–Crippen MR) is 107 cm³/mol. The highest BCUT2D eigenvalue weighted by Crippen LogP contribution is 2.14. The Labute approximate surface area is 171 Å². The molecule has 3 rings (SSSR count). The normalized spacial score (nSPS) is 12.0. The van der Waals surface area contributed by atoms with Crippen molar-refractivity contribution in [2.75, 3.05) is 5.32 Å². The van der Waals surface area contributed by atoms with Crippen molar-refractivity contribution in [1.29, 1.82) is 0 Å². The maximum Gasteiger partial charge on any atom is 0.331 e. The summed E-state index contributed by atoms with van der Waals surface area (Å²) < 4.78 is 32.9. The number of halogens is 2. The maximum absolute atomic E-state index is 13.2. The van der Waals surface area contributed by atoms with E-state index >= 15 is 0 Å². The third kappa shape index (κ3) is 5.84. The Morgan fingerprint density at radius 2 is 1.93 bits per heavy atom. The summed E-state index contributed by atoms with van der Waals surface area (Å²) in [5, 5.41) is 6.59. The van der Waals surface area contributed by atoms with Gasteiger partial charge in [-0.25, -0.2) is 13.6 Å². The molecule has 0 fully saturated rings. The number of esters is 1. The number of nitrogens with zero attached hydrogens (tertiary/aromatic N) is 2. The van der Waals surface area contributed by atoms with Gasteiger partial charge in [-0.2, -0.15) is 5.10 Å². The fourth-order valence-electron chi connectivity index (χ4n) is 2.57. The van der Waals surface area contributed by atoms with Crippen LogP contribution in [-0.4, -0.2) is 27.8 Å². The summed E-state index contributed by atoms with van der Waals surface area (Å²) in [6, 6.07) is 12.7. The van der Waals surface area contributed by atoms with Crippen molar-refractivity contribution in [3.8, 4) is 0 Å². The lowest BCUT2D eigenvalue weighted by atomic mass is 10.2. The van der Waals surface area contributed by atoms with Crippen molar-refractivity contribution in [3.05, 3.63) is 89.8 Å². The second kappa shape index (κ2) is 9.60.